The summed E-state index contributed by atoms with van der Waals surface area (Å²) in [6.07, 6.45) is -59.3. The molecule has 12 aromatic carbocycles. The molecule has 0 amide bonds. The van der Waals surface area contributed by atoms with Crippen molar-refractivity contribution in [3.05, 3.63) is 396 Å². The van der Waals surface area contributed by atoms with Crippen molar-refractivity contribution in [3.8, 4) is 23.0 Å². The number of carboxylic acid groups (broad SMARTS) is 1. The number of alkyl halides is 28. The Kier molecular flexibility index (Phi) is 35.7. The molecule has 49 heteroatoms. The number of nitrogens with two attached hydrogens (primary N) is 3. The third-order valence-corrected chi connectivity index (χ3v) is 22.7. The van der Waals surface area contributed by atoms with E-state index in [1.807, 2.05) is 0 Å². The molecule has 0 saturated heterocycles. The second-order valence-corrected chi connectivity index (χ2v) is 34.3. The van der Waals surface area contributed by atoms with E-state index in [0.29, 0.717) is 107 Å². The maximum atomic E-state index is 14.5. The van der Waals surface area contributed by atoms with Gasteiger partial charge in [0.15, 0.2) is 0 Å². The molecule has 0 aromatic heterocycles. The molecule has 142 heavy (non-hydrogen) atoms. The summed E-state index contributed by atoms with van der Waals surface area (Å²) in [5.41, 5.74) is 1.75. The molecule has 0 aliphatic heterocycles. The number of carbonyl (C=O) groups is 1. The van der Waals surface area contributed by atoms with Crippen molar-refractivity contribution in [2.24, 2.45) is 17.2 Å². The van der Waals surface area contributed by atoms with Crippen molar-refractivity contribution in [2.45, 2.75) is 123 Å². The van der Waals surface area contributed by atoms with Crippen molar-refractivity contribution in [1.29, 1.82) is 0 Å². The number of ether oxygens (including phenoxy) is 4. The van der Waals surface area contributed by atoms with Crippen LogP contribution in [0.4, 0.5) is 158 Å². The van der Waals surface area contributed by atoms with Gasteiger partial charge in [-0.25, -0.2) is 35.1 Å². The minimum absolute atomic E-state index is 0.188. The lowest BCUT2D eigenvalue weighted by Gasteiger charge is -2.32. The van der Waals surface area contributed by atoms with Gasteiger partial charge in [0.05, 0.1) is 38.9 Å². The highest BCUT2D eigenvalue weighted by Crippen LogP contribution is 2.48. The first-order valence-corrected chi connectivity index (χ1v) is 42.3. The number of aliphatic carboxylic acids is 1. The van der Waals surface area contributed by atoms with Gasteiger partial charge in [0.2, 0.25) is 0 Å². The topological polar surface area (TPSA) is 152 Å². The smallest absolute Gasteiger partial charge is 0.461 e. The van der Waals surface area contributed by atoms with Crippen LogP contribution in [0.3, 0.4) is 0 Å². The van der Waals surface area contributed by atoms with E-state index < -0.39 is 212 Å². The molecule has 12 rings (SSSR count). The number of halogens is 40. The Morgan fingerprint density at radius 3 is 0.648 bits per heavy atom. The Labute approximate surface area is 811 Å². The monoisotopic (exact) mass is 2310 g/mol. The number of benzene rings is 12. The van der Waals surface area contributed by atoms with Gasteiger partial charge in [0.25, 0.3) is 0 Å². The van der Waals surface area contributed by atoms with Gasteiger partial charge in [0, 0.05) is 42.2 Å². The number of hydrogen-bond acceptors (Lipinski definition) is 8. The molecule has 0 aliphatic rings. The molecule has 4 atom stereocenters. The van der Waals surface area contributed by atoms with Gasteiger partial charge >= 0.3 is 80.8 Å². The molecule has 12 aromatic rings. The predicted molar refractivity (Wildman–Crippen MR) is 452 cm³/mol. The predicted octanol–water partition coefficient (Wildman–Crippen LogP) is 29.9. The molecule has 0 aliphatic carbocycles. The van der Waals surface area contributed by atoms with Gasteiger partial charge < -0.3 is 41.3 Å². The number of rotatable bonds is 29. The van der Waals surface area contributed by atoms with Gasteiger partial charge in [-0.05, 0) is 238 Å². The highest BCUT2D eigenvalue weighted by Gasteiger charge is 2.52. The molecular weight excluding hydrogens is 2260 g/mol. The highest BCUT2D eigenvalue weighted by molar-refractivity contribution is 9.11. The van der Waals surface area contributed by atoms with Crippen LogP contribution in [-0.4, -0.2) is 61.2 Å². The molecule has 0 bridgehead atoms. The fourth-order valence-electron chi connectivity index (χ4n) is 13.9. The fourth-order valence-corrected chi connectivity index (χ4v) is 14.9. The third-order valence-electron chi connectivity index (χ3n) is 20.6. The second-order valence-electron chi connectivity index (χ2n) is 30.7. The molecular formula is C93H59Br4F36N3O6. The van der Waals surface area contributed by atoms with Crippen LogP contribution in [0, 0.1) is 46.5 Å². The van der Waals surface area contributed by atoms with Gasteiger partial charge in [-0.2, -0.15) is 123 Å². The van der Waals surface area contributed by atoms with Crippen LogP contribution < -0.4 is 36.1 Å². The summed E-state index contributed by atoms with van der Waals surface area (Å²) < 4.78 is 500. The molecule has 2 unspecified atom stereocenters. The first-order chi connectivity index (χ1) is 65.4. The Bertz CT molecular complexity index is 5980. The Morgan fingerprint density at radius 1 is 0.254 bits per heavy atom. The maximum absolute atomic E-state index is 14.5. The quantitative estimate of drug-likeness (QED) is 0.0336. The lowest BCUT2D eigenvalue weighted by molar-refractivity contribution is -0.253. The van der Waals surface area contributed by atoms with Crippen LogP contribution >= 0.6 is 63.7 Å². The van der Waals surface area contributed by atoms with E-state index in [0.717, 1.165) is 60.7 Å². The third kappa shape index (κ3) is 28.6. The van der Waals surface area contributed by atoms with E-state index in [2.05, 4.69) is 82.7 Å². The Balaban J connectivity index is 0.000000211. The highest BCUT2D eigenvalue weighted by atomic mass is 79.9. The van der Waals surface area contributed by atoms with Crippen LogP contribution in [0.2, 0.25) is 0 Å². The molecule has 0 radical (unpaired) electrons. The molecule has 0 saturated carbocycles. The summed E-state index contributed by atoms with van der Waals surface area (Å²) in [7, 11) is 0. The Morgan fingerprint density at radius 2 is 0.444 bits per heavy atom. The Hall–Kier alpha value is -11.4. The van der Waals surface area contributed by atoms with Crippen molar-refractivity contribution in [2.75, 3.05) is 0 Å². The number of hydrogen-bond donors (Lipinski definition) is 4. The lowest BCUT2D eigenvalue weighted by atomic mass is 9.70. The molecule has 9 nitrogen and oxygen atoms in total. The van der Waals surface area contributed by atoms with Crippen LogP contribution in [0.1, 0.15) is 89.0 Å². The second kappa shape index (κ2) is 44.4. The first-order valence-electron chi connectivity index (χ1n) is 39.1. The van der Waals surface area contributed by atoms with Crippen LogP contribution in [0.5, 0.6) is 23.0 Å². The van der Waals surface area contributed by atoms with E-state index in [9.17, 15) is 168 Å². The zero-order chi connectivity index (χ0) is 106. The fraction of sp³-hybridized carbons (Fsp3) is 0.215. The molecule has 0 spiro atoms. The van der Waals surface area contributed by atoms with Crippen molar-refractivity contribution >= 4 is 69.7 Å². The summed E-state index contributed by atoms with van der Waals surface area (Å²) in [6.45, 7) is 0. The summed E-state index contributed by atoms with van der Waals surface area (Å²) in [6, 6.07) is 38.3. The summed E-state index contributed by atoms with van der Waals surface area (Å²) in [4.78, 5) is 12.7. The van der Waals surface area contributed by atoms with Gasteiger partial charge in [0.1, 0.15) is 75.0 Å². The average Bonchev–Trinajstić information content (AvgIpc) is 0.750. The van der Waals surface area contributed by atoms with E-state index >= 15 is 0 Å². The molecule has 0 heterocycles. The van der Waals surface area contributed by atoms with Gasteiger partial charge in [-0.15, -0.1) is 0 Å². The minimum Gasteiger partial charge on any atom is -0.480 e. The van der Waals surface area contributed by atoms with E-state index in [1.165, 1.54) is 24.3 Å². The van der Waals surface area contributed by atoms with Crippen molar-refractivity contribution in [3.63, 3.8) is 0 Å². The SMILES string of the molecule is NC(Cc1ccc(Br)cc1)(c1cc(F)cc(OC(F)(F)C(F)F)c1)c1ccc(F)c(C(F)(F)F)c1.N[C@@](Cc1ccc(Br)cc1)(c1cc(F)cc(OC(F)(F)C(F)F)c1)c1ccc(F)c(C(F)(F)F)c1.N[C@](Cc1ccc(Br)cc1)(c1cc(F)cc(OC(F)(F)C(F)F)c1)c1ccc(F)c(C(F)(F)F)c1.O=C(O)C(Cc1ccc(Br)cc1)(c1cc(F)cc(OC(F)(F)C(F)F)c1)c1ccc(F)c(C(F)(F)F)c1. The number of carboxylic acids is 1. The van der Waals surface area contributed by atoms with Gasteiger partial charge in [-0.1, -0.05) is 137 Å². The van der Waals surface area contributed by atoms with Crippen LogP contribution in [-0.2, 0) is 77.2 Å². The average molecular weight is 2320 g/mol. The maximum Gasteiger partial charge on any atom is 0.461 e. The molecule has 7 N–H and O–H groups in total. The van der Waals surface area contributed by atoms with Crippen LogP contribution in [0.25, 0.3) is 0 Å². The van der Waals surface area contributed by atoms with E-state index in [4.69, 9.17) is 17.2 Å². The zero-order valence-electron chi connectivity index (χ0n) is 70.1. The van der Waals surface area contributed by atoms with E-state index in [1.54, 1.807) is 72.8 Å². The normalized spacial score (nSPS) is 14.1. The van der Waals surface area contributed by atoms with Crippen molar-refractivity contribution in [1.82, 2.24) is 0 Å². The summed E-state index contributed by atoms with van der Waals surface area (Å²) in [5, 5.41) is 10.3. The largest absolute Gasteiger partial charge is 0.480 e. The van der Waals surface area contributed by atoms with E-state index in [-0.39, 0.29) is 70.3 Å². The minimum atomic E-state index is -5.25. The summed E-state index contributed by atoms with van der Waals surface area (Å²) in [5.74, 6) is -17.8. The molecule has 0 fully saturated rings. The molecule has 762 valence electrons. The zero-order valence-corrected chi connectivity index (χ0v) is 76.4. The first kappa shape index (κ1) is 114. The standard InChI is InChI=1S/C24H14BrF9O3.3C23H15BrF9NO/c25-15-4-1-12(2-5-15)11-22(21(35)36,13-3-6-19(27)18(9-13)23(30,31)32)14-7-16(26)10-17(8-14)37-24(33,34)20(28)29;3*24-15-4-1-12(2-5-15)11-21(34,13-3-6-19(26)18(9-13)22(29,30)31)14-7-16(25)10-17(8-14)35-23(32,33)20(27)28/h1-10,20H,11H2,(H,35,36);3*1-10,20H,11,34H2/t;2*21-;/m.10./s1. The lowest BCUT2D eigenvalue weighted by Crippen LogP contribution is -2.41. The van der Waals surface area contributed by atoms with Crippen LogP contribution in [0.15, 0.2) is 261 Å². The van der Waals surface area contributed by atoms with Crippen molar-refractivity contribution < 1.29 is 187 Å². The van der Waals surface area contributed by atoms with Gasteiger partial charge in [-0.3, -0.25) is 4.79 Å². The summed E-state index contributed by atoms with van der Waals surface area (Å²) >= 11 is 12.8.